The molecule has 0 saturated carbocycles. The molecule has 0 fully saturated rings. The van der Waals surface area contributed by atoms with Crippen LogP contribution in [0.1, 0.15) is 57.1 Å². The van der Waals surface area contributed by atoms with Crippen LogP contribution in [-0.2, 0) is 18.4 Å². The lowest BCUT2D eigenvalue weighted by molar-refractivity contribution is 0.409. The van der Waals surface area contributed by atoms with Gasteiger partial charge in [-0.15, -0.1) is 11.3 Å². The van der Waals surface area contributed by atoms with Gasteiger partial charge in [-0.3, -0.25) is 0 Å². The summed E-state index contributed by atoms with van der Waals surface area (Å²) in [6.07, 6.45) is 1.06. The number of nitrogens with one attached hydrogen (secondary N) is 1. The maximum atomic E-state index is 4.86. The van der Waals surface area contributed by atoms with Crippen molar-refractivity contribution in [1.82, 2.24) is 10.3 Å². The molecule has 0 saturated heterocycles. The van der Waals surface area contributed by atoms with Crippen LogP contribution in [-0.4, -0.2) is 12.0 Å². The molecule has 0 unspecified atom stereocenters. The Morgan fingerprint density at radius 2 is 1.71 bits per heavy atom. The van der Waals surface area contributed by atoms with Crippen LogP contribution in [0, 0.1) is 5.41 Å². The lowest BCUT2D eigenvalue weighted by Gasteiger charge is -2.18. The second kappa shape index (κ2) is 5.07. The van der Waals surface area contributed by atoms with Crippen LogP contribution in [0.2, 0.25) is 0 Å². The van der Waals surface area contributed by atoms with Crippen molar-refractivity contribution >= 4 is 11.3 Å². The van der Waals surface area contributed by atoms with Gasteiger partial charge in [-0.1, -0.05) is 41.5 Å². The Bertz CT molecular complexity index is 367. The average molecular weight is 254 g/mol. The quantitative estimate of drug-likeness (QED) is 0.888. The van der Waals surface area contributed by atoms with Crippen molar-refractivity contribution in [1.29, 1.82) is 0 Å². The lowest BCUT2D eigenvalue weighted by Crippen LogP contribution is -2.17. The van der Waals surface area contributed by atoms with Crippen molar-refractivity contribution in [3.05, 3.63) is 15.6 Å². The van der Waals surface area contributed by atoms with Gasteiger partial charge in [0.1, 0.15) is 0 Å². The summed E-state index contributed by atoms with van der Waals surface area (Å²) in [6.45, 7) is 14.4. The van der Waals surface area contributed by atoms with Crippen LogP contribution in [0.15, 0.2) is 0 Å². The fourth-order valence-corrected chi connectivity index (χ4v) is 3.39. The molecule has 1 aromatic rings. The molecule has 2 nitrogen and oxygen atoms in total. The topological polar surface area (TPSA) is 24.9 Å². The summed E-state index contributed by atoms with van der Waals surface area (Å²) in [6, 6.07) is 0. The summed E-state index contributed by atoms with van der Waals surface area (Å²) in [4.78, 5) is 6.25. The first kappa shape index (κ1) is 14.7. The van der Waals surface area contributed by atoms with Crippen molar-refractivity contribution < 1.29 is 0 Å². The van der Waals surface area contributed by atoms with Gasteiger partial charge < -0.3 is 5.32 Å². The zero-order valence-electron chi connectivity index (χ0n) is 12.3. The molecule has 0 aromatic carbocycles. The Hall–Kier alpha value is -0.410. The van der Waals surface area contributed by atoms with Crippen molar-refractivity contribution in [2.45, 2.75) is 59.9 Å². The van der Waals surface area contributed by atoms with E-state index in [0.717, 1.165) is 13.0 Å². The van der Waals surface area contributed by atoms with Gasteiger partial charge in [0.2, 0.25) is 0 Å². The van der Waals surface area contributed by atoms with Gasteiger partial charge in [-0.2, -0.15) is 0 Å². The molecule has 1 N–H and O–H groups in total. The highest BCUT2D eigenvalue weighted by Crippen LogP contribution is 2.32. The average Bonchev–Trinajstić information content (AvgIpc) is 2.44. The second-order valence-electron chi connectivity index (χ2n) is 6.90. The van der Waals surface area contributed by atoms with Crippen molar-refractivity contribution in [3.63, 3.8) is 0 Å². The first-order valence-electron chi connectivity index (χ1n) is 6.27. The number of thiazole rings is 1. The van der Waals surface area contributed by atoms with Gasteiger partial charge in [0, 0.05) is 23.3 Å². The zero-order chi connectivity index (χ0) is 13.3. The molecule has 0 aliphatic heterocycles. The van der Waals surface area contributed by atoms with E-state index in [1.165, 1.54) is 15.6 Å². The van der Waals surface area contributed by atoms with Gasteiger partial charge in [-0.25, -0.2) is 4.98 Å². The van der Waals surface area contributed by atoms with Gasteiger partial charge in [0.25, 0.3) is 0 Å². The van der Waals surface area contributed by atoms with Gasteiger partial charge in [0.05, 0.1) is 10.7 Å². The Morgan fingerprint density at radius 1 is 1.12 bits per heavy atom. The number of hydrogen-bond acceptors (Lipinski definition) is 3. The highest BCUT2D eigenvalue weighted by molar-refractivity contribution is 7.11. The fraction of sp³-hybridized carbons (Fsp3) is 0.786. The van der Waals surface area contributed by atoms with Crippen LogP contribution in [0.5, 0.6) is 0 Å². The molecule has 0 atom stereocenters. The van der Waals surface area contributed by atoms with E-state index >= 15 is 0 Å². The maximum absolute atomic E-state index is 4.86. The van der Waals surface area contributed by atoms with E-state index in [2.05, 4.69) is 46.9 Å². The zero-order valence-corrected chi connectivity index (χ0v) is 13.1. The molecule has 1 heterocycles. The molecule has 3 heteroatoms. The number of hydrogen-bond donors (Lipinski definition) is 1. The molecule has 17 heavy (non-hydrogen) atoms. The Labute approximate surface area is 110 Å². The molecule has 0 radical (unpaired) electrons. The van der Waals surface area contributed by atoms with Crippen molar-refractivity contribution in [2.24, 2.45) is 5.41 Å². The fourth-order valence-electron chi connectivity index (χ4n) is 1.80. The van der Waals surface area contributed by atoms with Gasteiger partial charge in [0.15, 0.2) is 0 Å². The predicted molar refractivity (Wildman–Crippen MR) is 76.7 cm³/mol. The Balaban J connectivity index is 3.04. The molecule has 1 rings (SSSR count). The first-order valence-corrected chi connectivity index (χ1v) is 7.09. The third kappa shape index (κ3) is 4.40. The van der Waals surface area contributed by atoms with Crippen LogP contribution in [0.4, 0.5) is 0 Å². The number of aromatic nitrogens is 1. The third-order valence-corrected chi connectivity index (χ3v) is 3.53. The summed E-state index contributed by atoms with van der Waals surface area (Å²) < 4.78 is 0. The lowest BCUT2D eigenvalue weighted by atomic mass is 9.90. The van der Waals surface area contributed by atoms with E-state index in [0.29, 0.717) is 5.41 Å². The van der Waals surface area contributed by atoms with Crippen molar-refractivity contribution in [2.75, 3.05) is 7.05 Å². The van der Waals surface area contributed by atoms with E-state index in [1.807, 2.05) is 18.4 Å². The molecule has 0 amide bonds. The molecule has 1 aromatic heterocycles. The van der Waals surface area contributed by atoms with E-state index in [9.17, 15) is 0 Å². The van der Waals surface area contributed by atoms with E-state index in [-0.39, 0.29) is 5.41 Å². The first-order chi connectivity index (χ1) is 7.63. The summed E-state index contributed by atoms with van der Waals surface area (Å²) in [5.41, 5.74) is 1.71. The minimum absolute atomic E-state index is 0.138. The Morgan fingerprint density at radius 3 is 2.12 bits per heavy atom. The number of rotatable bonds is 3. The molecule has 0 aliphatic carbocycles. The summed E-state index contributed by atoms with van der Waals surface area (Å²) >= 11 is 1.86. The van der Waals surface area contributed by atoms with Gasteiger partial charge >= 0.3 is 0 Å². The molecule has 0 aliphatic rings. The smallest absolute Gasteiger partial charge is 0.0937 e. The van der Waals surface area contributed by atoms with Crippen LogP contribution in [0.25, 0.3) is 0 Å². The predicted octanol–water partition coefficient (Wildman–Crippen LogP) is 3.75. The van der Waals surface area contributed by atoms with Gasteiger partial charge in [-0.05, 0) is 12.5 Å². The minimum atomic E-state index is 0.138. The normalized spacial score (nSPS) is 13.1. The van der Waals surface area contributed by atoms with Crippen LogP contribution < -0.4 is 5.32 Å². The van der Waals surface area contributed by atoms with E-state index < -0.39 is 0 Å². The molecular weight excluding hydrogens is 228 g/mol. The monoisotopic (exact) mass is 254 g/mol. The van der Waals surface area contributed by atoms with Crippen LogP contribution in [0.3, 0.4) is 0 Å². The van der Waals surface area contributed by atoms with E-state index in [4.69, 9.17) is 4.98 Å². The highest BCUT2D eigenvalue weighted by Gasteiger charge is 2.24. The largest absolute Gasteiger partial charge is 0.315 e. The molecule has 98 valence electrons. The minimum Gasteiger partial charge on any atom is -0.315 e. The summed E-state index contributed by atoms with van der Waals surface area (Å²) in [7, 11) is 2.00. The molecule has 0 spiro atoms. The number of nitrogens with zero attached hydrogens (tertiary/aromatic N) is 1. The molecule has 0 bridgehead atoms. The third-order valence-electron chi connectivity index (χ3n) is 2.47. The molecular formula is C14H26N2S. The summed E-state index contributed by atoms with van der Waals surface area (Å²) in [5, 5.41) is 4.51. The van der Waals surface area contributed by atoms with Crippen LogP contribution >= 0.6 is 11.3 Å². The van der Waals surface area contributed by atoms with Crippen molar-refractivity contribution in [3.8, 4) is 0 Å². The van der Waals surface area contributed by atoms with E-state index in [1.54, 1.807) is 0 Å². The second-order valence-corrected chi connectivity index (χ2v) is 8.07. The summed E-state index contributed by atoms with van der Waals surface area (Å²) in [5.74, 6) is 0. The Kier molecular flexibility index (Phi) is 4.37. The maximum Gasteiger partial charge on any atom is 0.0937 e. The standard InChI is InChI=1S/C14H26N2S/c1-13(2,3)8-11-16-12(14(4,5)6)10(17-11)9-15-7/h15H,8-9H2,1-7H3. The SMILES string of the molecule is CNCc1sc(CC(C)(C)C)nc1C(C)(C)C. The highest BCUT2D eigenvalue weighted by atomic mass is 32.1.